The molecule has 0 unspecified atom stereocenters. The second-order valence-corrected chi connectivity index (χ2v) is 6.90. The summed E-state index contributed by atoms with van der Waals surface area (Å²) in [6.45, 7) is 1.75. The molecule has 5 N–H and O–H groups in total. The number of nitrogens with one attached hydrogen (secondary N) is 4. The molecule has 3 rings (SSSR count). The maximum absolute atomic E-state index is 14.4. The Hall–Kier alpha value is -3.81. The molecule has 9 nitrogen and oxygen atoms in total. The maximum Gasteiger partial charge on any atom is 0.149 e. The third-order valence-corrected chi connectivity index (χ3v) is 4.41. The van der Waals surface area contributed by atoms with Crippen molar-refractivity contribution in [2.45, 2.75) is 13.0 Å². The first kappa shape index (κ1) is 21.9. The number of hydrogen-bond acceptors (Lipinski definition) is 9. The summed E-state index contributed by atoms with van der Waals surface area (Å²) in [6.07, 6.45) is 3.85. The van der Waals surface area contributed by atoms with E-state index in [1.807, 2.05) is 6.07 Å². The van der Waals surface area contributed by atoms with Crippen molar-refractivity contribution in [1.29, 1.82) is 10.7 Å². The minimum atomic E-state index is -0.698. The van der Waals surface area contributed by atoms with Crippen molar-refractivity contribution in [3.8, 4) is 6.07 Å². The first-order valence-corrected chi connectivity index (χ1v) is 9.44. The van der Waals surface area contributed by atoms with Crippen molar-refractivity contribution in [3.63, 3.8) is 0 Å². The Morgan fingerprint density at radius 1 is 1.19 bits per heavy atom. The Morgan fingerprint density at radius 2 is 1.94 bits per heavy atom. The Bertz CT molecular complexity index is 1130. The van der Waals surface area contributed by atoms with E-state index in [-0.39, 0.29) is 28.9 Å². The van der Waals surface area contributed by atoms with Gasteiger partial charge in [-0.15, -0.1) is 0 Å². The molecule has 0 saturated carbocycles. The highest BCUT2D eigenvalue weighted by atomic mass is 35.5. The number of hydrogen-bond donors (Lipinski definition) is 5. The topological polar surface area (TPSA) is 143 Å². The fourth-order valence-electron chi connectivity index (χ4n) is 2.58. The Morgan fingerprint density at radius 3 is 2.61 bits per heavy atom. The molecule has 3 aromatic rings. The highest BCUT2D eigenvalue weighted by Gasteiger charge is 2.13. The van der Waals surface area contributed by atoms with Crippen molar-refractivity contribution >= 4 is 46.6 Å². The molecule has 0 saturated heterocycles. The van der Waals surface area contributed by atoms with Crippen molar-refractivity contribution < 1.29 is 9.50 Å². The molecule has 0 spiro atoms. The smallest absolute Gasteiger partial charge is 0.149 e. The van der Waals surface area contributed by atoms with Crippen molar-refractivity contribution in [2.24, 2.45) is 0 Å². The molecule has 2 heterocycles. The van der Waals surface area contributed by atoms with E-state index >= 15 is 0 Å². The second kappa shape index (κ2) is 9.80. The van der Waals surface area contributed by atoms with Gasteiger partial charge in [0, 0.05) is 36.1 Å². The highest BCUT2D eigenvalue weighted by Crippen LogP contribution is 2.31. The fraction of sp³-hybridized carbons (Fsp3) is 0.150. The van der Waals surface area contributed by atoms with Gasteiger partial charge in [-0.3, -0.25) is 0 Å². The van der Waals surface area contributed by atoms with Crippen molar-refractivity contribution in [1.82, 2.24) is 15.0 Å². The van der Waals surface area contributed by atoms with Crippen LogP contribution < -0.4 is 16.0 Å². The maximum atomic E-state index is 14.4. The lowest BCUT2D eigenvalue weighted by molar-refractivity contribution is 0.281. The quantitative estimate of drug-likeness (QED) is 0.333. The highest BCUT2D eigenvalue weighted by molar-refractivity contribution is 6.33. The number of aromatic nitrogens is 3. The zero-order chi connectivity index (χ0) is 22.4. The number of halogens is 2. The van der Waals surface area contributed by atoms with Crippen LogP contribution in [0, 0.1) is 22.6 Å². The predicted octanol–water partition coefficient (Wildman–Crippen LogP) is 3.81. The molecule has 0 radical (unpaired) electrons. The second-order valence-electron chi connectivity index (χ2n) is 6.49. The van der Waals surface area contributed by atoms with Crippen LogP contribution in [0.15, 0.2) is 36.8 Å². The van der Waals surface area contributed by atoms with E-state index in [0.717, 1.165) is 12.3 Å². The summed E-state index contributed by atoms with van der Waals surface area (Å²) in [5, 5.41) is 34.6. The summed E-state index contributed by atoms with van der Waals surface area (Å²) in [5.74, 6) is 0.625. The van der Waals surface area contributed by atoms with Crippen LogP contribution >= 0.6 is 11.6 Å². The predicted molar refractivity (Wildman–Crippen MR) is 117 cm³/mol. The molecule has 1 atom stereocenters. The molecule has 0 aliphatic heterocycles. The van der Waals surface area contributed by atoms with Gasteiger partial charge in [0.25, 0.3) is 0 Å². The van der Waals surface area contributed by atoms with Crippen LogP contribution in [0.25, 0.3) is 0 Å². The van der Waals surface area contributed by atoms with Crippen LogP contribution in [0.2, 0.25) is 5.02 Å². The van der Waals surface area contributed by atoms with Gasteiger partial charge >= 0.3 is 0 Å². The van der Waals surface area contributed by atoms with Gasteiger partial charge in [0.2, 0.25) is 0 Å². The molecule has 0 aliphatic rings. The molecular weight excluding hydrogens is 423 g/mol. The number of rotatable bonds is 8. The number of aliphatic hydroxyl groups is 1. The standard InChI is InChI=1S/C20H18ClFN8O/c1-11(9-31)28-18-5-19(27-10-26-18)30-17-4-16(13(7-24)8-25-17)29-20-14(21)2-12(6-23)3-15(20)22/h2-5,7-8,10-11,24,31H,9H2,1H3,(H3,25,26,27,28,29,30)/t11-/m0/s1. The summed E-state index contributed by atoms with van der Waals surface area (Å²) < 4.78 is 14.4. The molecule has 1 aromatic carbocycles. The largest absolute Gasteiger partial charge is 0.394 e. The van der Waals surface area contributed by atoms with Crippen LogP contribution in [0.4, 0.5) is 33.2 Å². The third-order valence-electron chi connectivity index (χ3n) is 4.11. The van der Waals surface area contributed by atoms with Crippen LogP contribution in [0.3, 0.4) is 0 Å². The average molecular weight is 441 g/mol. The van der Waals surface area contributed by atoms with E-state index < -0.39 is 5.82 Å². The summed E-state index contributed by atoms with van der Waals surface area (Å²) in [4.78, 5) is 12.5. The summed E-state index contributed by atoms with van der Waals surface area (Å²) in [7, 11) is 0. The lowest BCUT2D eigenvalue weighted by Crippen LogP contribution is -2.20. The van der Waals surface area contributed by atoms with E-state index in [9.17, 15) is 4.39 Å². The van der Waals surface area contributed by atoms with E-state index in [1.165, 1.54) is 18.6 Å². The molecule has 0 aliphatic carbocycles. The summed E-state index contributed by atoms with van der Waals surface area (Å²) >= 11 is 6.12. The van der Waals surface area contributed by atoms with Crippen LogP contribution in [0.5, 0.6) is 0 Å². The molecule has 2 aromatic heterocycles. The van der Waals surface area contributed by atoms with Crippen molar-refractivity contribution in [3.05, 3.63) is 58.8 Å². The van der Waals surface area contributed by atoms with Gasteiger partial charge in [0.05, 0.1) is 34.6 Å². The van der Waals surface area contributed by atoms with E-state index in [1.54, 1.807) is 19.1 Å². The molecule has 0 amide bonds. The molecule has 0 fully saturated rings. The van der Waals surface area contributed by atoms with Gasteiger partial charge in [0.1, 0.15) is 29.6 Å². The first-order chi connectivity index (χ1) is 14.9. The number of nitrogens with zero attached hydrogens (tertiary/aromatic N) is 4. The zero-order valence-electron chi connectivity index (χ0n) is 16.3. The lowest BCUT2D eigenvalue weighted by atomic mass is 10.2. The summed E-state index contributed by atoms with van der Waals surface area (Å²) in [6, 6.07) is 7.28. The third kappa shape index (κ3) is 5.42. The molecule has 0 bridgehead atoms. The SMILES string of the molecule is C[C@@H](CO)Nc1cc(Nc2cc(Nc3c(F)cc(C#N)cc3Cl)c(C=N)cn2)ncn1. The average Bonchev–Trinajstić information content (AvgIpc) is 2.76. The first-order valence-electron chi connectivity index (χ1n) is 9.06. The van der Waals surface area contributed by atoms with Gasteiger partial charge < -0.3 is 26.5 Å². The Labute approximate surface area is 182 Å². The van der Waals surface area contributed by atoms with Gasteiger partial charge in [-0.05, 0) is 19.1 Å². The van der Waals surface area contributed by atoms with E-state index in [4.69, 9.17) is 27.4 Å². The van der Waals surface area contributed by atoms with Crippen molar-refractivity contribution in [2.75, 3.05) is 22.6 Å². The Kier molecular flexibility index (Phi) is 6.92. The number of nitriles is 1. The van der Waals surface area contributed by atoms with Crippen LogP contribution in [-0.4, -0.2) is 38.9 Å². The summed E-state index contributed by atoms with van der Waals surface area (Å²) in [5.41, 5.74) is 0.847. The number of aliphatic hydroxyl groups excluding tert-OH is 1. The van der Waals surface area contributed by atoms with Gasteiger partial charge in [-0.1, -0.05) is 11.6 Å². The number of pyridine rings is 1. The lowest BCUT2D eigenvalue weighted by Gasteiger charge is -2.14. The molecule has 158 valence electrons. The molecule has 31 heavy (non-hydrogen) atoms. The zero-order valence-corrected chi connectivity index (χ0v) is 17.1. The minimum absolute atomic E-state index is 0.0209. The van der Waals surface area contributed by atoms with Gasteiger partial charge in [-0.2, -0.15) is 5.26 Å². The van der Waals surface area contributed by atoms with Crippen LogP contribution in [-0.2, 0) is 0 Å². The monoisotopic (exact) mass is 440 g/mol. The van der Waals surface area contributed by atoms with Gasteiger partial charge in [-0.25, -0.2) is 19.3 Å². The van der Waals surface area contributed by atoms with Gasteiger partial charge in [0.15, 0.2) is 0 Å². The van der Waals surface area contributed by atoms with E-state index in [0.29, 0.717) is 28.7 Å². The molecular formula is C20H18ClFN8O. The van der Waals surface area contributed by atoms with Crippen LogP contribution in [0.1, 0.15) is 18.1 Å². The number of benzene rings is 1. The minimum Gasteiger partial charge on any atom is -0.394 e. The fourth-order valence-corrected chi connectivity index (χ4v) is 2.84. The Balaban J connectivity index is 1.88. The normalized spacial score (nSPS) is 11.3. The number of anilines is 5. The molecule has 11 heteroatoms. The van der Waals surface area contributed by atoms with E-state index in [2.05, 4.69) is 30.9 Å².